The molecule has 2 aromatic rings. The quantitative estimate of drug-likeness (QED) is 0.826. The molecule has 6 heteroatoms. The van der Waals surface area contributed by atoms with Gasteiger partial charge in [-0.25, -0.2) is 4.68 Å². The molecule has 0 spiro atoms. The van der Waals surface area contributed by atoms with Crippen LogP contribution in [-0.4, -0.2) is 33.7 Å². The molecular formula is C19H22ClN3O2. The molecule has 1 aliphatic rings. The van der Waals surface area contributed by atoms with Crippen molar-refractivity contribution >= 4 is 17.5 Å². The van der Waals surface area contributed by atoms with Crippen LogP contribution in [0.25, 0.3) is 5.69 Å². The van der Waals surface area contributed by atoms with Crippen molar-refractivity contribution in [3.05, 3.63) is 57.0 Å². The van der Waals surface area contributed by atoms with Crippen LogP contribution >= 0.6 is 11.6 Å². The van der Waals surface area contributed by atoms with Gasteiger partial charge in [0.15, 0.2) is 5.69 Å². The Balaban J connectivity index is 2.02. The highest BCUT2D eigenvalue weighted by molar-refractivity contribution is 6.32. The molecule has 2 heterocycles. The molecule has 0 saturated carbocycles. The minimum atomic E-state index is -0.350. The number of halogens is 1. The van der Waals surface area contributed by atoms with Crippen molar-refractivity contribution in [1.29, 1.82) is 0 Å². The molecule has 0 N–H and O–H groups in total. The Labute approximate surface area is 152 Å². The minimum Gasteiger partial charge on any atom is -0.337 e. The maximum absolute atomic E-state index is 12.9. The first-order valence-corrected chi connectivity index (χ1v) is 8.89. The lowest BCUT2D eigenvalue weighted by Gasteiger charge is -2.34. The second kappa shape index (κ2) is 7.00. The average Bonchev–Trinajstić information content (AvgIpc) is 2.54. The van der Waals surface area contributed by atoms with Crippen molar-refractivity contribution < 1.29 is 4.79 Å². The van der Waals surface area contributed by atoms with E-state index in [2.05, 4.69) is 18.9 Å². The largest absolute Gasteiger partial charge is 0.337 e. The summed E-state index contributed by atoms with van der Waals surface area (Å²) in [5.41, 5.74) is 0.884. The normalized spacial score (nSPS) is 20.6. The second-order valence-electron chi connectivity index (χ2n) is 7.02. The summed E-state index contributed by atoms with van der Waals surface area (Å²) in [6.45, 7) is 7.34. The van der Waals surface area contributed by atoms with Gasteiger partial charge in [-0.3, -0.25) is 9.59 Å². The van der Waals surface area contributed by atoms with Gasteiger partial charge in [-0.1, -0.05) is 37.6 Å². The van der Waals surface area contributed by atoms with Gasteiger partial charge in [-0.15, -0.1) is 0 Å². The van der Waals surface area contributed by atoms with E-state index in [1.54, 1.807) is 22.6 Å². The molecule has 25 heavy (non-hydrogen) atoms. The highest BCUT2D eigenvalue weighted by Gasteiger charge is 2.28. The van der Waals surface area contributed by atoms with E-state index in [4.69, 9.17) is 11.6 Å². The smallest absolute Gasteiger partial charge is 0.278 e. The summed E-state index contributed by atoms with van der Waals surface area (Å²) in [4.78, 5) is 27.1. The molecular weight excluding hydrogens is 338 g/mol. The molecule has 1 amide bonds. The van der Waals surface area contributed by atoms with Crippen LogP contribution < -0.4 is 5.43 Å². The van der Waals surface area contributed by atoms with Gasteiger partial charge in [0.25, 0.3) is 5.91 Å². The van der Waals surface area contributed by atoms with E-state index >= 15 is 0 Å². The van der Waals surface area contributed by atoms with E-state index in [0.29, 0.717) is 41.3 Å². The van der Waals surface area contributed by atoms with Gasteiger partial charge in [0.1, 0.15) is 0 Å². The predicted molar refractivity (Wildman–Crippen MR) is 98.4 cm³/mol. The van der Waals surface area contributed by atoms with E-state index < -0.39 is 0 Å². The summed E-state index contributed by atoms with van der Waals surface area (Å²) in [6, 6.07) is 8.68. The van der Waals surface area contributed by atoms with Crippen LogP contribution in [0.2, 0.25) is 5.02 Å². The molecule has 1 fully saturated rings. The number of piperidine rings is 1. The van der Waals surface area contributed by atoms with Gasteiger partial charge in [-0.2, -0.15) is 5.10 Å². The monoisotopic (exact) mass is 359 g/mol. The summed E-state index contributed by atoms with van der Waals surface area (Å²) in [7, 11) is 0. The van der Waals surface area contributed by atoms with Crippen molar-refractivity contribution in [3.63, 3.8) is 0 Å². The number of carbonyl (C=O) groups excluding carboxylic acids is 1. The molecule has 5 nitrogen and oxygen atoms in total. The fourth-order valence-electron chi connectivity index (χ4n) is 3.54. The lowest BCUT2D eigenvalue weighted by atomic mass is 9.92. The molecule has 2 atom stereocenters. The number of rotatable bonds is 2. The molecule has 1 aromatic carbocycles. The number of para-hydroxylation sites is 1. The van der Waals surface area contributed by atoms with E-state index in [0.717, 1.165) is 6.42 Å². The van der Waals surface area contributed by atoms with Crippen molar-refractivity contribution in [2.75, 3.05) is 13.1 Å². The number of hydrogen-bond acceptors (Lipinski definition) is 3. The average molecular weight is 360 g/mol. The van der Waals surface area contributed by atoms with Crippen LogP contribution in [0.5, 0.6) is 0 Å². The first kappa shape index (κ1) is 17.7. The van der Waals surface area contributed by atoms with Crippen LogP contribution in [-0.2, 0) is 0 Å². The van der Waals surface area contributed by atoms with Crippen LogP contribution in [0.15, 0.2) is 35.1 Å². The standard InChI is InChI=1S/C19H22ClN3O2/c1-12-8-13(2)11-22(10-12)19(25)18-17(24)9-14(3)23(21-18)16-7-5-4-6-15(16)20/h4-7,9,12-13H,8,10-11H2,1-3H3. The zero-order valence-electron chi connectivity index (χ0n) is 14.7. The zero-order valence-corrected chi connectivity index (χ0v) is 15.5. The number of amides is 1. The Morgan fingerprint density at radius 3 is 2.48 bits per heavy atom. The lowest BCUT2D eigenvalue weighted by molar-refractivity contribution is 0.0613. The first-order chi connectivity index (χ1) is 11.9. The summed E-state index contributed by atoms with van der Waals surface area (Å²) in [6.07, 6.45) is 1.09. The van der Waals surface area contributed by atoms with Gasteiger partial charge in [-0.05, 0) is 37.3 Å². The van der Waals surface area contributed by atoms with Crippen molar-refractivity contribution in [2.45, 2.75) is 27.2 Å². The fraction of sp³-hybridized carbons (Fsp3) is 0.421. The second-order valence-corrected chi connectivity index (χ2v) is 7.43. The number of nitrogens with zero attached hydrogens (tertiary/aromatic N) is 3. The first-order valence-electron chi connectivity index (χ1n) is 8.52. The van der Waals surface area contributed by atoms with E-state index in [-0.39, 0.29) is 17.0 Å². The van der Waals surface area contributed by atoms with E-state index in [1.807, 2.05) is 18.2 Å². The summed E-state index contributed by atoms with van der Waals surface area (Å²) >= 11 is 6.26. The van der Waals surface area contributed by atoms with Crippen molar-refractivity contribution in [2.24, 2.45) is 11.8 Å². The molecule has 3 rings (SSSR count). The predicted octanol–water partition coefficient (Wildman–Crippen LogP) is 3.31. The Morgan fingerprint density at radius 2 is 1.84 bits per heavy atom. The number of aromatic nitrogens is 2. The Kier molecular flexibility index (Phi) is 4.95. The number of hydrogen-bond donors (Lipinski definition) is 0. The Morgan fingerprint density at radius 1 is 1.20 bits per heavy atom. The number of benzene rings is 1. The maximum atomic E-state index is 12.9. The highest BCUT2D eigenvalue weighted by atomic mass is 35.5. The summed E-state index contributed by atoms with van der Waals surface area (Å²) in [5, 5.41) is 4.87. The summed E-state index contributed by atoms with van der Waals surface area (Å²) < 4.78 is 1.56. The summed E-state index contributed by atoms with van der Waals surface area (Å²) in [5.74, 6) is 0.539. The van der Waals surface area contributed by atoms with Gasteiger partial charge in [0.05, 0.1) is 10.7 Å². The molecule has 1 aromatic heterocycles. The number of aryl methyl sites for hydroxylation is 1. The topological polar surface area (TPSA) is 55.2 Å². The van der Waals surface area contributed by atoms with E-state index in [1.165, 1.54) is 6.07 Å². The molecule has 0 aliphatic carbocycles. The third-order valence-corrected chi connectivity index (χ3v) is 4.87. The fourth-order valence-corrected chi connectivity index (χ4v) is 3.76. The van der Waals surface area contributed by atoms with Crippen molar-refractivity contribution in [1.82, 2.24) is 14.7 Å². The van der Waals surface area contributed by atoms with Crippen molar-refractivity contribution in [3.8, 4) is 5.69 Å². The lowest BCUT2D eigenvalue weighted by Crippen LogP contribution is -2.44. The van der Waals surface area contributed by atoms with Crippen LogP contribution in [0.1, 0.15) is 36.5 Å². The van der Waals surface area contributed by atoms with Gasteiger partial charge in [0.2, 0.25) is 5.43 Å². The maximum Gasteiger partial charge on any atom is 0.278 e. The molecule has 0 bridgehead atoms. The van der Waals surface area contributed by atoms with Crippen LogP contribution in [0, 0.1) is 18.8 Å². The van der Waals surface area contributed by atoms with E-state index in [9.17, 15) is 9.59 Å². The molecule has 132 valence electrons. The molecule has 2 unspecified atom stereocenters. The Bertz CT molecular complexity index is 852. The van der Waals surface area contributed by atoms with Crippen LogP contribution in [0.3, 0.4) is 0 Å². The van der Waals surface area contributed by atoms with Gasteiger partial charge >= 0.3 is 0 Å². The zero-order chi connectivity index (χ0) is 18.1. The Hall–Kier alpha value is -2.14. The molecule has 1 saturated heterocycles. The SMILES string of the molecule is Cc1cc(=O)c(C(=O)N2CC(C)CC(C)C2)nn1-c1ccccc1Cl. The molecule has 1 aliphatic heterocycles. The van der Waals surface area contributed by atoms with Gasteiger partial charge in [0, 0.05) is 24.8 Å². The van der Waals surface area contributed by atoms with Gasteiger partial charge < -0.3 is 4.90 Å². The highest BCUT2D eigenvalue weighted by Crippen LogP contribution is 2.23. The number of carbonyl (C=O) groups is 1. The minimum absolute atomic E-state index is 0.0492. The molecule has 0 radical (unpaired) electrons. The third kappa shape index (κ3) is 3.61. The third-order valence-electron chi connectivity index (χ3n) is 4.55. The number of likely N-dealkylation sites (tertiary alicyclic amines) is 1. The van der Waals surface area contributed by atoms with Crippen LogP contribution in [0.4, 0.5) is 0 Å².